The lowest BCUT2D eigenvalue weighted by molar-refractivity contribution is 0.239. The minimum absolute atomic E-state index is 0. The molecule has 32 heavy (non-hydrogen) atoms. The number of hydrogen-bond acceptors (Lipinski definition) is 4. The fraction of sp³-hybridized carbons (Fsp3) is 0.480. The van der Waals surface area contributed by atoms with E-state index in [1.165, 1.54) is 18.4 Å². The summed E-state index contributed by atoms with van der Waals surface area (Å²) in [5, 5.41) is 16.7. The van der Waals surface area contributed by atoms with Gasteiger partial charge in [-0.1, -0.05) is 48.5 Å². The van der Waals surface area contributed by atoms with Crippen molar-refractivity contribution in [1.82, 2.24) is 15.5 Å². The number of benzene rings is 2. The van der Waals surface area contributed by atoms with Crippen molar-refractivity contribution in [3.05, 3.63) is 65.7 Å². The van der Waals surface area contributed by atoms with Crippen LogP contribution in [-0.2, 0) is 0 Å². The van der Waals surface area contributed by atoms with E-state index in [4.69, 9.17) is 9.73 Å². The van der Waals surface area contributed by atoms with Crippen LogP contribution in [0.25, 0.3) is 0 Å². The first kappa shape index (κ1) is 26.4. The van der Waals surface area contributed by atoms with Crippen molar-refractivity contribution in [3.8, 4) is 5.75 Å². The smallest absolute Gasteiger partial charge is 0.191 e. The second-order valence-corrected chi connectivity index (χ2v) is 7.89. The van der Waals surface area contributed by atoms with Gasteiger partial charge >= 0.3 is 0 Å². The molecule has 0 bridgehead atoms. The van der Waals surface area contributed by atoms with Crippen LogP contribution in [0, 0.1) is 0 Å². The number of halogens is 1. The number of ether oxygens (including phenoxy) is 1. The molecule has 0 radical (unpaired) electrons. The highest BCUT2D eigenvalue weighted by Gasteiger charge is 2.26. The first-order chi connectivity index (χ1) is 15.3. The molecule has 3 N–H and O–H groups in total. The van der Waals surface area contributed by atoms with Crippen molar-refractivity contribution in [3.63, 3.8) is 0 Å². The fourth-order valence-corrected chi connectivity index (χ4v) is 4.16. The van der Waals surface area contributed by atoms with Crippen molar-refractivity contribution >= 4 is 29.9 Å². The van der Waals surface area contributed by atoms with Crippen LogP contribution in [0.15, 0.2) is 59.6 Å². The summed E-state index contributed by atoms with van der Waals surface area (Å²) >= 11 is 0. The number of guanidine groups is 1. The predicted octanol–water partition coefficient (Wildman–Crippen LogP) is 3.78. The Morgan fingerprint density at radius 2 is 1.75 bits per heavy atom. The maximum Gasteiger partial charge on any atom is 0.191 e. The molecule has 1 aliphatic rings. The molecule has 1 heterocycles. The van der Waals surface area contributed by atoms with E-state index in [1.807, 2.05) is 42.5 Å². The van der Waals surface area contributed by atoms with E-state index in [9.17, 15) is 5.11 Å². The number of para-hydroxylation sites is 1. The third-order valence-electron chi connectivity index (χ3n) is 5.85. The summed E-state index contributed by atoms with van der Waals surface area (Å²) in [4.78, 5) is 7.30. The number of likely N-dealkylation sites (tertiary alicyclic amines) is 1. The molecule has 2 unspecified atom stereocenters. The van der Waals surface area contributed by atoms with E-state index in [1.54, 1.807) is 7.11 Å². The summed E-state index contributed by atoms with van der Waals surface area (Å²) in [6.07, 6.45) is 2.46. The molecule has 176 valence electrons. The van der Waals surface area contributed by atoms with E-state index in [2.05, 4.69) is 34.6 Å². The van der Waals surface area contributed by atoms with Crippen LogP contribution in [0.5, 0.6) is 5.75 Å². The number of rotatable bonds is 10. The first-order valence-corrected chi connectivity index (χ1v) is 11.3. The number of hydrogen-bond donors (Lipinski definition) is 3. The summed E-state index contributed by atoms with van der Waals surface area (Å²) in [7, 11) is 1.73. The van der Waals surface area contributed by atoms with Gasteiger partial charge in [0, 0.05) is 24.6 Å². The molecule has 1 aliphatic heterocycles. The van der Waals surface area contributed by atoms with Crippen LogP contribution in [0.3, 0.4) is 0 Å². The molecular weight excluding hydrogens is 515 g/mol. The Kier molecular flexibility index (Phi) is 11.8. The van der Waals surface area contributed by atoms with E-state index in [0.29, 0.717) is 6.54 Å². The van der Waals surface area contributed by atoms with Crippen LogP contribution >= 0.6 is 24.0 Å². The zero-order valence-electron chi connectivity index (χ0n) is 19.2. The van der Waals surface area contributed by atoms with Gasteiger partial charge in [-0.15, -0.1) is 24.0 Å². The highest BCUT2D eigenvalue weighted by Crippen LogP contribution is 2.31. The normalized spacial score (nSPS) is 16.2. The van der Waals surface area contributed by atoms with Gasteiger partial charge < -0.3 is 20.5 Å². The topological polar surface area (TPSA) is 69.1 Å². The average Bonchev–Trinajstić information content (AvgIpc) is 3.35. The summed E-state index contributed by atoms with van der Waals surface area (Å²) in [5.41, 5.74) is 2.31. The molecule has 0 aliphatic carbocycles. The standard InChI is InChI=1S/C25H36N4O2.HI/c1-3-26-25(27-17-21(19-30)20-11-5-4-6-12-20)28-18-23(29-15-9-10-16-29)22-13-7-8-14-24(22)31-2;/h4-8,11-14,21,23,30H,3,9-10,15-19H2,1-2H3,(H2,26,27,28);1H. The molecule has 6 nitrogen and oxygen atoms in total. The molecule has 0 aromatic heterocycles. The Balaban J connectivity index is 0.00000363. The molecule has 1 saturated heterocycles. The van der Waals surface area contributed by atoms with Gasteiger partial charge in [0.15, 0.2) is 5.96 Å². The molecule has 2 aromatic carbocycles. The summed E-state index contributed by atoms with van der Waals surface area (Å²) < 4.78 is 5.65. The molecule has 1 fully saturated rings. The molecule has 2 aromatic rings. The number of nitrogens with zero attached hydrogens (tertiary/aromatic N) is 2. The number of methoxy groups -OCH3 is 1. The van der Waals surface area contributed by atoms with Gasteiger partial charge in [0.2, 0.25) is 0 Å². The quantitative estimate of drug-likeness (QED) is 0.238. The Bertz CT molecular complexity index is 813. The van der Waals surface area contributed by atoms with E-state index in [0.717, 1.165) is 43.5 Å². The lowest BCUT2D eigenvalue weighted by Gasteiger charge is -2.30. The van der Waals surface area contributed by atoms with Gasteiger partial charge in [0.25, 0.3) is 0 Å². The Morgan fingerprint density at radius 1 is 1.06 bits per heavy atom. The minimum Gasteiger partial charge on any atom is -0.496 e. The molecule has 0 amide bonds. The highest BCUT2D eigenvalue weighted by atomic mass is 127. The predicted molar refractivity (Wildman–Crippen MR) is 142 cm³/mol. The van der Waals surface area contributed by atoms with E-state index < -0.39 is 0 Å². The first-order valence-electron chi connectivity index (χ1n) is 11.3. The number of aliphatic imine (C=N–C) groups is 1. The number of nitrogens with one attached hydrogen (secondary N) is 2. The second kappa shape index (κ2) is 14.3. The van der Waals surface area contributed by atoms with Gasteiger partial charge in [0.05, 0.1) is 26.3 Å². The molecular formula is C25H37IN4O2. The zero-order valence-corrected chi connectivity index (χ0v) is 21.5. The monoisotopic (exact) mass is 552 g/mol. The van der Waals surface area contributed by atoms with Crippen molar-refractivity contribution in [1.29, 1.82) is 0 Å². The van der Waals surface area contributed by atoms with E-state index >= 15 is 0 Å². The zero-order chi connectivity index (χ0) is 21.9. The SMILES string of the molecule is CCNC(=NCC(CO)c1ccccc1)NCC(c1ccccc1OC)N1CCCC1.I. The Labute approximate surface area is 209 Å². The molecule has 3 rings (SSSR count). The number of aliphatic hydroxyl groups excluding tert-OH is 1. The maximum atomic E-state index is 9.86. The lowest BCUT2D eigenvalue weighted by Crippen LogP contribution is -2.43. The second-order valence-electron chi connectivity index (χ2n) is 7.89. The van der Waals surface area contributed by atoms with Gasteiger partial charge in [-0.25, -0.2) is 0 Å². The number of aliphatic hydroxyl groups is 1. The van der Waals surface area contributed by atoms with Gasteiger partial charge in [-0.3, -0.25) is 9.89 Å². The molecule has 0 saturated carbocycles. The molecule has 0 spiro atoms. The minimum atomic E-state index is -0.0137. The van der Waals surface area contributed by atoms with Crippen LogP contribution in [0.2, 0.25) is 0 Å². The van der Waals surface area contributed by atoms with Crippen LogP contribution in [0.4, 0.5) is 0 Å². The van der Waals surface area contributed by atoms with Gasteiger partial charge in [-0.2, -0.15) is 0 Å². The fourth-order valence-electron chi connectivity index (χ4n) is 4.16. The largest absolute Gasteiger partial charge is 0.496 e. The Morgan fingerprint density at radius 3 is 2.41 bits per heavy atom. The summed E-state index contributed by atoms with van der Waals surface area (Å²) in [6, 6.07) is 18.6. The van der Waals surface area contributed by atoms with Crippen molar-refractivity contribution in [2.75, 3.05) is 46.4 Å². The highest BCUT2D eigenvalue weighted by molar-refractivity contribution is 14.0. The lowest BCUT2D eigenvalue weighted by atomic mass is 10.0. The van der Waals surface area contributed by atoms with E-state index in [-0.39, 0.29) is 42.5 Å². The molecule has 2 atom stereocenters. The molecule has 7 heteroatoms. The van der Waals surface area contributed by atoms with Gasteiger partial charge in [0.1, 0.15) is 5.75 Å². The van der Waals surface area contributed by atoms with Crippen molar-refractivity contribution < 1.29 is 9.84 Å². The third-order valence-corrected chi connectivity index (χ3v) is 5.85. The third kappa shape index (κ3) is 7.35. The maximum absolute atomic E-state index is 9.86. The summed E-state index contributed by atoms with van der Waals surface area (Å²) in [5.74, 6) is 1.68. The van der Waals surface area contributed by atoms with Crippen molar-refractivity contribution in [2.45, 2.75) is 31.7 Å². The Hall–Kier alpha value is -1.84. The van der Waals surface area contributed by atoms with Crippen LogP contribution in [0.1, 0.15) is 42.9 Å². The van der Waals surface area contributed by atoms with Crippen LogP contribution in [-0.4, -0.2) is 62.4 Å². The van der Waals surface area contributed by atoms with Gasteiger partial charge in [-0.05, 0) is 44.5 Å². The summed E-state index contributed by atoms with van der Waals surface area (Å²) in [6.45, 7) is 6.38. The van der Waals surface area contributed by atoms with Crippen molar-refractivity contribution in [2.24, 2.45) is 4.99 Å². The van der Waals surface area contributed by atoms with Crippen LogP contribution < -0.4 is 15.4 Å². The average molecular weight is 553 g/mol.